The third-order valence-corrected chi connectivity index (χ3v) is 3.46. The summed E-state index contributed by atoms with van der Waals surface area (Å²) < 4.78 is 7.49. The number of hydrogen-bond donors (Lipinski definition) is 1. The molecule has 0 amide bonds. The zero-order chi connectivity index (χ0) is 13.1. The lowest BCUT2D eigenvalue weighted by Crippen LogP contribution is -1.98. The highest BCUT2D eigenvalue weighted by Crippen LogP contribution is 2.33. The molecule has 1 heterocycles. The van der Waals surface area contributed by atoms with Gasteiger partial charge in [-0.1, -0.05) is 15.9 Å². The average molecular weight is 373 g/mol. The molecule has 0 saturated carbocycles. The minimum Gasteiger partial charge on any atom is -0.437 e. The smallest absolute Gasteiger partial charge is 0.225 e. The first-order valence-electron chi connectivity index (χ1n) is 5.34. The number of nitrogens with zero attached hydrogens (tertiary/aromatic N) is 1. The van der Waals surface area contributed by atoms with Crippen LogP contribution in [0, 0.1) is 0 Å². The van der Waals surface area contributed by atoms with E-state index < -0.39 is 6.10 Å². The lowest BCUT2D eigenvalue weighted by Gasteiger charge is -2.12. The van der Waals surface area contributed by atoms with E-state index in [1.807, 2.05) is 18.2 Å². The first-order valence-corrected chi connectivity index (χ1v) is 6.92. The molecular formula is C13H11Br2NO2. The van der Waals surface area contributed by atoms with Gasteiger partial charge in [-0.15, -0.1) is 0 Å². The maximum atomic E-state index is 9.66. The van der Waals surface area contributed by atoms with E-state index in [9.17, 15) is 5.11 Å². The summed E-state index contributed by atoms with van der Waals surface area (Å²) in [4.78, 5) is 4.14. The summed E-state index contributed by atoms with van der Waals surface area (Å²) in [6.45, 7) is 1.68. The molecule has 94 valence electrons. The van der Waals surface area contributed by atoms with E-state index in [4.69, 9.17) is 4.74 Å². The molecule has 0 aliphatic heterocycles. The van der Waals surface area contributed by atoms with Crippen LogP contribution in [0.2, 0.25) is 0 Å². The Morgan fingerprint density at radius 1 is 1.28 bits per heavy atom. The summed E-state index contributed by atoms with van der Waals surface area (Å²) in [5.74, 6) is 1.06. The number of benzene rings is 1. The van der Waals surface area contributed by atoms with E-state index in [1.54, 1.807) is 25.3 Å². The molecule has 5 heteroatoms. The van der Waals surface area contributed by atoms with Gasteiger partial charge in [0, 0.05) is 16.2 Å². The van der Waals surface area contributed by atoms with E-state index in [-0.39, 0.29) is 0 Å². The maximum absolute atomic E-state index is 9.66. The van der Waals surface area contributed by atoms with Crippen LogP contribution in [0.15, 0.2) is 45.5 Å². The molecule has 0 bridgehead atoms. The molecule has 0 saturated heterocycles. The second-order valence-electron chi connectivity index (χ2n) is 3.75. The Balaban J connectivity index is 2.34. The fourth-order valence-corrected chi connectivity index (χ4v) is 2.60. The van der Waals surface area contributed by atoms with Crippen molar-refractivity contribution in [1.29, 1.82) is 0 Å². The van der Waals surface area contributed by atoms with Gasteiger partial charge in [-0.3, -0.25) is 0 Å². The van der Waals surface area contributed by atoms with Crippen LogP contribution in [0.4, 0.5) is 0 Å². The quantitative estimate of drug-likeness (QED) is 0.865. The van der Waals surface area contributed by atoms with E-state index in [1.165, 1.54) is 0 Å². The summed E-state index contributed by atoms with van der Waals surface area (Å²) in [5, 5.41) is 9.66. The average Bonchev–Trinajstić information content (AvgIpc) is 2.33. The van der Waals surface area contributed by atoms with Crippen molar-refractivity contribution in [3.8, 4) is 11.6 Å². The van der Waals surface area contributed by atoms with Crippen molar-refractivity contribution in [2.45, 2.75) is 13.0 Å². The summed E-state index contributed by atoms with van der Waals surface area (Å²) in [6.07, 6.45) is 1.01. The minimum atomic E-state index is -0.622. The highest BCUT2D eigenvalue weighted by atomic mass is 79.9. The summed E-state index contributed by atoms with van der Waals surface area (Å²) in [6, 6.07) is 9.16. The Bertz CT molecular complexity index is 558. The number of halogens is 2. The van der Waals surface area contributed by atoms with Crippen LogP contribution >= 0.6 is 31.9 Å². The second-order valence-corrected chi connectivity index (χ2v) is 5.52. The number of pyridine rings is 1. The molecule has 1 aromatic carbocycles. The summed E-state index contributed by atoms with van der Waals surface area (Å²) >= 11 is 6.80. The van der Waals surface area contributed by atoms with Crippen molar-refractivity contribution < 1.29 is 9.84 Å². The molecular weight excluding hydrogens is 362 g/mol. The molecule has 0 aliphatic rings. The monoisotopic (exact) mass is 371 g/mol. The normalized spacial score (nSPS) is 12.2. The van der Waals surface area contributed by atoms with Gasteiger partial charge in [0.25, 0.3) is 0 Å². The van der Waals surface area contributed by atoms with Crippen LogP contribution in [0.25, 0.3) is 0 Å². The van der Waals surface area contributed by atoms with Gasteiger partial charge >= 0.3 is 0 Å². The van der Waals surface area contributed by atoms with Gasteiger partial charge in [0.1, 0.15) is 5.75 Å². The minimum absolute atomic E-state index is 0.413. The largest absolute Gasteiger partial charge is 0.437 e. The van der Waals surface area contributed by atoms with Crippen molar-refractivity contribution in [3.63, 3.8) is 0 Å². The Kier molecular flexibility index (Phi) is 4.37. The molecule has 1 aromatic heterocycles. The van der Waals surface area contributed by atoms with E-state index in [2.05, 4.69) is 36.8 Å². The van der Waals surface area contributed by atoms with Gasteiger partial charge < -0.3 is 9.84 Å². The molecule has 18 heavy (non-hydrogen) atoms. The number of aromatic nitrogens is 1. The molecule has 0 radical (unpaired) electrons. The van der Waals surface area contributed by atoms with Gasteiger partial charge in [0.15, 0.2) is 0 Å². The van der Waals surface area contributed by atoms with Gasteiger partial charge in [-0.2, -0.15) is 0 Å². The number of aliphatic hydroxyl groups is 1. The molecule has 0 spiro atoms. The molecule has 0 fully saturated rings. The van der Waals surface area contributed by atoms with Crippen LogP contribution in [0.5, 0.6) is 11.6 Å². The van der Waals surface area contributed by atoms with Gasteiger partial charge in [0.05, 0.1) is 10.6 Å². The summed E-state index contributed by atoms with van der Waals surface area (Å²) in [7, 11) is 0. The van der Waals surface area contributed by atoms with Crippen molar-refractivity contribution >= 4 is 31.9 Å². The van der Waals surface area contributed by atoms with Crippen LogP contribution in [0.1, 0.15) is 18.6 Å². The van der Waals surface area contributed by atoms with Crippen LogP contribution in [0.3, 0.4) is 0 Å². The molecule has 0 aliphatic carbocycles. The number of ether oxygens (including phenoxy) is 1. The van der Waals surface area contributed by atoms with Crippen molar-refractivity contribution in [2.24, 2.45) is 0 Å². The first kappa shape index (κ1) is 13.5. The predicted molar refractivity (Wildman–Crippen MR) is 76.8 cm³/mol. The fraction of sp³-hybridized carbons (Fsp3) is 0.154. The zero-order valence-electron chi connectivity index (χ0n) is 9.60. The first-order chi connectivity index (χ1) is 8.58. The number of rotatable bonds is 3. The van der Waals surface area contributed by atoms with E-state index in [0.717, 1.165) is 8.95 Å². The summed E-state index contributed by atoms with van der Waals surface area (Å²) in [5.41, 5.74) is 0.660. The van der Waals surface area contributed by atoms with E-state index in [0.29, 0.717) is 17.2 Å². The van der Waals surface area contributed by atoms with Gasteiger partial charge in [-0.05, 0) is 53.2 Å². The van der Waals surface area contributed by atoms with Gasteiger partial charge in [0.2, 0.25) is 5.88 Å². The standard InChI is InChI=1S/C13H11Br2NO2/c1-8(17)10-3-2-6-16-13(10)18-12-5-4-9(14)7-11(12)15/h2-8,17H,1H3. The SMILES string of the molecule is CC(O)c1cccnc1Oc1ccc(Br)cc1Br. The zero-order valence-corrected chi connectivity index (χ0v) is 12.8. The van der Waals surface area contributed by atoms with Crippen molar-refractivity contribution in [2.75, 3.05) is 0 Å². The molecule has 1 unspecified atom stereocenters. The highest BCUT2D eigenvalue weighted by Gasteiger charge is 2.12. The topological polar surface area (TPSA) is 42.4 Å². The molecule has 2 rings (SSSR count). The maximum Gasteiger partial charge on any atom is 0.225 e. The highest BCUT2D eigenvalue weighted by molar-refractivity contribution is 9.11. The fourth-order valence-electron chi connectivity index (χ4n) is 1.47. The third kappa shape index (κ3) is 3.10. The molecule has 1 N–H and O–H groups in total. The molecule has 3 nitrogen and oxygen atoms in total. The van der Waals surface area contributed by atoms with Crippen molar-refractivity contribution in [1.82, 2.24) is 4.98 Å². The molecule has 2 aromatic rings. The third-order valence-electron chi connectivity index (χ3n) is 2.35. The Morgan fingerprint density at radius 2 is 2.06 bits per heavy atom. The van der Waals surface area contributed by atoms with Crippen molar-refractivity contribution in [3.05, 3.63) is 51.0 Å². The predicted octanol–water partition coefficient (Wildman–Crippen LogP) is 4.45. The number of aliphatic hydroxyl groups excluding tert-OH is 1. The van der Waals surface area contributed by atoms with E-state index >= 15 is 0 Å². The Hall–Kier alpha value is -0.910. The molecule has 1 atom stereocenters. The van der Waals surface area contributed by atoms with Crippen LogP contribution < -0.4 is 4.74 Å². The lowest BCUT2D eigenvalue weighted by molar-refractivity contribution is 0.194. The van der Waals surface area contributed by atoms with Crippen LogP contribution in [-0.2, 0) is 0 Å². The van der Waals surface area contributed by atoms with Crippen LogP contribution in [-0.4, -0.2) is 10.1 Å². The second kappa shape index (κ2) is 5.82. The Morgan fingerprint density at radius 3 is 2.72 bits per heavy atom. The lowest BCUT2D eigenvalue weighted by atomic mass is 10.2. The van der Waals surface area contributed by atoms with Gasteiger partial charge in [-0.25, -0.2) is 4.98 Å². The number of hydrogen-bond acceptors (Lipinski definition) is 3. The Labute approximate surface area is 122 Å².